The predicted octanol–water partition coefficient (Wildman–Crippen LogP) is 3.39. The maximum atomic E-state index is 11.1. The molecule has 0 saturated heterocycles. The molecule has 19 heavy (non-hydrogen) atoms. The fourth-order valence-electron chi connectivity index (χ4n) is 2.59. The number of aliphatic carboxylic acids is 1. The molecule has 0 heterocycles. The third-order valence-corrected chi connectivity index (χ3v) is 4.30. The van der Waals surface area contributed by atoms with Gasteiger partial charge in [0.2, 0.25) is 0 Å². The molecule has 1 aliphatic carbocycles. The Kier molecular flexibility index (Phi) is 4.63. The first-order valence-electron chi connectivity index (χ1n) is 6.71. The minimum atomic E-state index is -0.749. The van der Waals surface area contributed by atoms with Crippen LogP contribution < -0.4 is 5.32 Å². The third-order valence-electron chi connectivity index (χ3n) is 3.81. The summed E-state index contributed by atoms with van der Waals surface area (Å²) >= 11 is 3.48. The second kappa shape index (κ2) is 6.06. The standard InChI is InChI=1S/C15H20BrNO2/c1-9(2)14(15(18)19)17-13-7-11(8-13)10-4-3-5-12(16)6-10/h3-6,9,11,13-14,17H,7-8H2,1-2H3,(H,18,19). The summed E-state index contributed by atoms with van der Waals surface area (Å²) < 4.78 is 1.10. The average molecular weight is 326 g/mol. The lowest BCUT2D eigenvalue weighted by atomic mass is 9.75. The van der Waals surface area contributed by atoms with Gasteiger partial charge in [0, 0.05) is 10.5 Å². The first kappa shape index (κ1) is 14.5. The summed E-state index contributed by atoms with van der Waals surface area (Å²) in [5, 5.41) is 12.4. The Morgan fingerprint density at radius 2 is 2.11 bits per heavy atom. The number of hydrogen-bond acceptors (Lipinski definition) is 2. The topological polar surface area (TPSA) is 49.3 Å². The Hall–Kier alpha value is -0.870. The van der Waals surface area contributed by atoms with E-state index in [0.717, 1.165) is 17.3 Å². The SMILES string of the molecule is CC(C)C(NC1CC(c2cccc(Br)c2)C1)C(=O)O. The molecule has 0 spiro atoms. The van der Waals surface area contributed by atoms with Crippen LogP contribution in [0.2, 0.25) is 0 Å². The maximum Gasteiger partial charge on any atom is 0.320 e. The van der Waals surface area contributed by atoms with Crippen LogP contribution in [0.3, 0.4) is 0 Å². The molecule has 3 nitrogen and oxygen atoms in total. The van der Waals surface area contributed by atoms with Gasteiger partial charge in [0.25, 0.3) is 0 Å². The first-order valence-corrected chi connectivity index (χ1v) is 7.51. The average Bonchev–Trinajstić information content (AvgIpc) is 2.26. The second-order valence-corrected chi connectivity index (χ2v) is 6.56. The lowest BCUT2D eigenvalue weighted by molar-refractivity contribution is -0.141. The highest BCUT2D eigenvalue weighted by atomic mass is 79.9. The Balaban J connectivity index is 1.88. The monoisotopic (exact) mass is 325 g/mol. The molecule has 4 heteroatoms. The first-order chi connectivity index (χ1) is 8.97. The lowest BCUT2D eigenvalue weighted by Crippen LogP contribution is -2.50. The van der Waals surface area contributed by atoms with Gasteiger partial charge in [-0.3, -0.25) is 4.79 Å². The van der Waals surface area contributed by atoms with Crippen LogP contribution in [-0.2, 0) is 4.79 Å². The molecular formula is C15H20BrNO2. The molecular weight excluding hydrogens is 306 g/mol. The number of rotatable bonds is 5. The molecule has 1 fully saturated rings. The van der Waals surface area contributed by atoms with E-state index in [2.05, 4.69) is 33.4 Å². The molecule has 1 aromatic rings. The van der Waals surface area contributed by atoms with Crippen molar-refractivity contribution in [3.8, 4) is 0 Å². The summed E-state index contributed by atoms with van der Waals surface area (Å²) in [4.78, 5) is 11.1. The van der Waals surface area contributed by atoms with Gasteiger partial charge in [-0.2, -0.15) is 0 Å². The largest absolute Gasteiger partial charge is 0.480 e. The van der Waals surface area contributed by atoms with E-state index in [1.807, 2.05) is 26.0 Å². The third kappa shape index (κ3) is 3.57. The number of nitrogens with one attached hydrogen (secondary N) is 1. The Labute approximate surface area is 122 Å². The summed E-state index contributed by atoms with van der Waals surface area (Å²) in [7, 11) is 0. The normalized spacial score (nSPS) is 24.0. The zero-order valence-electron chi connectivity index (χ0n) is 11.3. The van der Waals surface area contributed by atoms with Gasteiger partial charge in [0.05, 0.1) is 0 Å². The quantitative estimate of drug-likeness (QED) is 0.872. The van der Waals surface area contributed by atoms with Crippen LogP contribution >= 0.6 is 15.9 Å². The predicted molar refractivity (Wildman–Crippen MR) is 79.3 cm³/mol. The van der Waals surface area contributed by atoms with Gasteiger partial charge in [-0.25, -0.2) is 0 Å². The van der Waals surface area contributed by atoms with Crippen molar-refractivity contribution in [2.24, 2.45) is 5.92 Å². The van der Waals surface area contributed by atoms with Crippen molar-refractivity contribution >= 4 is 21.9 Å². The number of carbonyl (C=O) groups is 1. The number of carboxylic acid groups (broad SMARTS) is 1. The Morgan fingerprint density at radius 1 is 1.42 bits per heavy atom. The number of benzene rings is 1. The molecule has 0 aliphatic heterocycles. The zero-order chi connectivity index (χ0) is 14.0. The molecule has 1 saturated carbocycles. The van der Waals surface area contributed by atoms with Crippen molar-refractivity contribution in [1.29, 1.82) is 0 Å². The number of halogens is 1. The van der Waals surface area contributed by atoms with Crippen molar-refractivity contribution in [3.05, 3.63) is 34.3 Å². The van der Waals surface area contributed by atoms with E-state index >= 15 is 0 Å². The maximum absolute atomic E-state index is 11.1. The van der Waals surface area contributed by atoms with E-state index in [9.17, 15) is 4.79 Å². The van der Waals surface area contributed by atoms with Gasteiger partial charge in [-0.05, 0) is 42.4 Å². The van der Waals surface area contributed by atoms with Crippen LogP contribution in [0, 0.1) is 5.92 Å². The smallest absolute Gasteiger partial charge is 0.320 e. The van der Waals surface area contributed by atoms with Gasteiger partial charge >= 0.3 is 5.97 Å². The highest BCUT2D eigenvalue weighted by molar-refractivity contribution is 9.10. The highest BCUT2D eigenvalue weighted by Crippen LogP contribution is 2.38. The van der Waals surface area contributed by atoms with Gasteiger partial charge in [-0.1, -0.05) is 41.9 Å². The van der Waals surface area contributed by atoms with E-state index < -0.39 is 12.0 Å². The molecule has 1 unspecified atom stereocenters. The van der Waals surface area contributed by atoms with Crippen LogP contribution in [0.5, 0.6) is 0 Å². The number of hydrogen-bond donors (Lipinski definition) is 2. The molecule has 2 rings (SSSR count). The van der Waals surface area contributed by atoms with Crippen LogP contribution in [0.1, 0.15) is 38.2 Å². The second-order valence-electron chi connectivity index (χ2n) is 5.65. The van der Waals surface area contributed by atoms with Gasteiger partial charge < -0.3 is 10.4 Å². The van der Waals surface area contributed by atoms with E-state index in [4.69, 9.17) is 5.11 Å². The Bertz CT molecular complexity index is 455. The summed E-state index contributed by atoms with van der Waals surface area (Å²) in [5.41, 5.74) is 1.34. The highest BCUT2D eigenvalue weighted by Gasteiger charge is 2.34. The molecule has 2 N–H and O–H groups in total. The van der Waals surface area contributed by atoms with E-state index in [0.29, 0.717) is 12.0 Å². The molecule has 1 aromatic carbocycles. The summed E-state index contributed by atoms with van der Waals surface area (Å²) in [5.74, 6) is -0.0834. The van der Waals surface area contributed by atoms with Crippen molar-refractivity contribution in [2.45, 2.75) is 44.7 Å². The molecule has 1 atom stereocenters. The fraction of sp³-hybridized carbons (Fsp3) is 0.533. The van der Waals surface area contributed by atoms with Crippen molar-refractivity contribution < 1.29 is 9.90 Å². The summed E-state index contributed by atoms with van der Waals surface area (Å²) in [6.07, 6.45) is 2.04. The van der Waals surface area contributed by atoms with E-state index in [-0.39, 0.29) is 5.92 Å². The van der Waals surface area contributed by atoms with Crippen molar-refractivity contribution in [1.82, 2.24) is 5.32 Å². The van der Waals surface area contributed by atoms with Gasteiger partial charge in [-0.15, -0.1) is 0 Å². The lowest BCUT2D eigenvalue weighted by Gasteiger charge is -2.38. The Morgan fingerprint density at radius 3 is 2.63 bits per heavy atom. The van der Waals surface area contributed by atoms with Gasteiger partial charge in [0.15, 0.2) is 0 Å². The zero-order valence-corrected chi connectivity index (χ0v) is 12.9. The number of carboxylic acids is 1. The van der Waals surface area contributed by atoms with Crippen LogP contribution in [0.15, 0.2) is 28.7 Å². The van der Waals surface area contributed by atoms with Gasteiger partial charge in [0.1, 0.15) is 6.04 Å². The van der Waals surface area contributed by atoms with Crippen LogP contribution in [-0.4, -0.2) is 23.2 Å². The molecule has 0 aromatic heterocycles. The van der Waals surface area contributed by atoms with Crippen LogP contribution in [0.25, 0.3) is 0 Å². The van der Waals surface area contributed by atoms with Crippen LogP contribution in [0.4, 0.5) is 0 Å². The molecule has 104 valence electrons. The molecule has 0 radical (unpaired) electrons. The van der Waals surface area contributed by atoms with Crippen molar-refractivity contribution in [2.75, 3.05) is 0 Å². The molecule has 0 amide bonds. The van der Waals surface area contributed by atoms with Crippen molar-refractivity contribution in [3.63, 3.8) is 0 Å². The summed E-state index contributed by atoms with van der Waals surface area (Å²) in [6, 6.07) is 8.26. The van der Waals surface area contributed by atoms with E-state index in [1.54, 1.807) is 0 Å². The summed E-state index contributed by atoms with van der Waals surface area (Å²) in [6.45, 7) is 3.88. The van der Waals surface area contributed by atoms with E-state index in [1.165, 1.54) is 5.56 Å². The fourth-order valence-corrected chi connectivity index (χ4v) is 3.01. The minimum Gasteiger partial charge on any atom is -0.480 e. The minimum absolute atomic E-state index is 0.113. The molecule has 0 bridgehead atoms. The molecule has 1 aliphatic rings.